The number of benzene rings is 1. The third kappa shape index (κ3) is 4.24. The van der Waals surface area contributed by atoms with E-state index in [0.717, 1.165) is 0 Å². The van der Waals surface area contributed by atoms with Gasteiger partial charge in [-0.25, -0.2) is 9.18 Å². The molecule has 104 valence electrons. The molecule has 0 aliphatic rings. The first-order valence-electron chi connectivity index (χ1n) is 5.67. The standard InChI is InChI=1S/C13H16FNO4/c1-8(13(17)19-3)15-12(16)7-9-4-5-11(18-2)10(14)6-9/h4-6,8H,7H2,1-3H3,(H,15,16). The molecule has 1 aromatic carbocycles. The Labute approximate surface area is 110 Å². The predicted octanol–water partition coefficient (Wildman–Crippen LogP) is 1.05. The van der Waals surface area contributed by atoms with Crippen molar-refractivity contribution in [1.29, 1.82) is 0 Å². The van der Waals surface area contributed by atoms with E-state index in [-0.39, 0.29) is 18.1 Å². The summed E-state index contributed by atoms with van der Waals surface area (Å²) in [4.78, 5) is 22.8. The van der Waals surface area contributed by atoms with Crippen molar-refractivity contribution in [3.8, 4) is 5.75 Å². The van der Waals surface area contributed by atoms with Crippen LogP contribution in [-0.2, 0) is 20.7 Å². The Balaban J connectivity index is 2.62. The fourth-order valence-electron chi connectivity index (χ4n) is 1.53. The van der Waals surface area contributed by atoms with E-state index in [1.807, 2.05) is 0 Å². The maximum absolute atomic E-state index is 13.4. The zero-order valence-corrected chi connectivity index (χ0v) is 11.0. The smallest absolute Gasteiger partial charge is 0.328 e. The highest BCUT2D eigenvalue weighted by molar-refractivity contribution is 5.85. The van der Waals surface area contributed by atoms with Crippen LogP contribution in [0, 0.1) is 5.82 Å². The average Bonchev–Trinajstić information content (AvgIpc) is 2.37. The summed E-state index contributed by atoms with van der Waals surface area (Å²) in [7, 11) is 2.60. The highest BCUT2D eigenvalue weighted by Gasteiger charge is 2.16. The highest BCUT2D eigenvalue weighted by Crippen LogP contribution is 2.17. The van der Waals surface area contributed by atoms with Gasteiger partial charge >= 0.3 is 5.97 Å². The van der Waals surface area contributed by atoms with Gasteiger partial charge in [-0.3, -0.25) is 4.79 Å². The van der Waals surface area contributed by atoms with Crippen LogP contribution in [0.4, 0.5) is 4.39 Å². The molecule has 0 aromatic heterocycles. The highest BCUT2D eigenvalue weighted by atomic mass is 19.1. The molecule has 0 fully saturated rings. The molecule has 0 heterocycles. The van der Waals surface area contributed by atoms with Gasteiger partial charge in [-0.05, 0) is 24.6 Å². The molecule has 0 saturated carbocycles. The fraction of sp³-hybridized carbons (Fsp3) is 0.385. The molecule has 0 aliphatic carbocycles. The first kappa shape index (κ1) is 14.9. The van der Waals surface area contributed by atoms with Gasteiger partial charge in [0.15, 0.2) is 11.6 Å². The van der Waals surface area contributed by atoms with E-state index in [2.05, 4.69) is 10.1 Å². The molecular formula is C13H16FNO4. The maximum atomic E-state index is 13.4. The third-order valence-electron chi connectivity index (χ3n) is 2.51. The molecule has 1 unspecified atom stereocenters. The Morgan fingerprint density at radius 1 is 1.37 bits per heavy atom. The minimum atomic E-state index is -0.736. The molecule has 6 heteroatoms. The van der Waals surface area contributed by atoms with Crippen LogP contribution in [0.1, 0.15) is 12.5 Å². The second kappa shape index (κ2) is 6.72. The van der Waals surface area contributed by atoms with E-state index in [1.165, 1.54) is 33.3 Å². The minimum absolute atomic E-state index is 0.0255. The molecule has 1 atom stereocenters. The van der Waals surface area contributed by atoms with E-state index < -0.39 is 17.8 Å². The number of carbonyl (C=O) groups is 2. The van der Waals surface area contributed by atoms with Gasteiger partial charge in [0.1, 0.15) is 6.04 Å². The summed E-state index contributed by atoms with van der Waals surface area (Å²) in [5, 5.41) is 2.46. The number of amides is 1. The summed E-state index contributed by atoms with van der Waals surface area (Å²) in [6.07, 6.45) is -0.0255. The molecule has 19 heavy (non-hydrogen) atoms. The van der Waals surface area contributed by atoms with Crippen LogP contribution in [0.2, 0.25) is 0 Å². The molecule has 5 nitrogen and oxygen atoms in total. The summed E-state index contributed by atoms with van der Waals surface area (Å²) in [6, 6.07) is 3.52. The number of halogens is 1. The summed E-state index contributed by atoms with van der Waals surface area (Å²) in [6.45, 7) is 1.51. The van der Waals surface area contributed by atoms with E-state index >= 15 is 0 Å². The molecular weight excluding hydrogens is 253 g/mol. The predicted molar refractivity (Wildman–Crippen MR) is 66.3 cm³/mol. The van der Waals surface area contributed by atoms with Crippen molar-refractivity contribution >= 4 is 11.9 Å². The quantitative estimate of drug-likeness (QED) is 0.812. The molecule has 0 aliphatic heterocycles. The number of carbonyl (C=O) groups excluding carboxylic acids is 2. The summed E-state index contributed by atoms with van der Waals surface area (Å²) in [5.74, 6) is -1.34. The second-order valence-corrected chi connectivity index (χ2v) is 3.96. The molecule has 1 rings (SSSR count). The molecule has 0 bridgehead atoms. The van der Waals surface area contributed by atoms with Gasteiger partial charge in [-0.15, -0.1) is 0 Å². The van der Waals surface area contributed by atoms with Crippen LogP contribution < -0.4 is 10.1 Å². The Morgan fingerprint density at radius 2 is 2.05 bits per heavy atom. The Hall–Kier alpha value is -2.11. The molecule has 1 aromatic rings. The largest absolute Gasteiger partial charge is 0.494 e. The molecule has 0 saturated heterocycles. The fourth-order valence-corrected chi connectivity index (χ4v) is 1.53. The lowest BCUT2D eigenvalue weighted by Crippen LogP contribution is -2.39. The van der Waals surface area contributed by atoms with Gasteiger partial charge in [0.2, 0.25) is 5.91 Å². The van der Waals surface area contributed by atoms with Crippen LogP contribution in [0.5, 0.6) is 5.75 Å². The second-order valence-electron chi connectivity index (χ2n) is 3.96. The first-order chi connectivity index (χ1) is 8.97. The van der Waals surface area contributed by atoms with Crippen molar-refractivity contribution in [3.05, 3.63) is 29.6 Å². The van der Waals surface area contributed by atoms with Crippen LogP contribution in [0.3, 0.4) is 0 Å². The summed E-state index contributed by atoms with van der Waals surface area (Å²) < 4.78 is 22.7. The average molecular weight is 269 g/mol. The normalized spacial score (nSPS) is 11.6. The number of ether oxygens (including phenoxy) is 2. The van der Waals surface area contributed by atoms with Gasteiger partial charge in [-0.1, -0.05) is 6.07 Å². The van der Waals surface area contributed by atoms with Gasteiger partial charge in [-0.2, -0.15) is 0 Å². The molecule has 0 spiro atoms. The van der Waals surface area contributed by atoms with Gasteiger partial charge in [0.25, 0.3) is 0 Å². The lowest BCUT2D eigenvalue weighted by atomic mass is 10.1. The number of hydrogen-bond acceptors (Lipinski definition) is 4. The van der Waals surface area contributed by atoms with Crippen molar-refractivity contribution in [3.63, 3.8) is 0 Å². The number of esters is 1. The lowest BCUT2D eigenvalue weighted by Gasteiger charge is -2.11. The van der Waals surface area contributed by atoms with E-state index in [4.69, 9.17) is 4.74 Å². The van der Waals surface area contributed by atoms with Crippen LogP contribution in [-0.4, -0.2) is 32.1 Å². The number of rotatable bonds is 5. The van der Waals surface area contributed by atoms with Crippen molar-refractivity contribution in [2.45, 2.75) is 19.4 Å². The zero-order chi connectivity index (χ0) is 14.4. The summed E-state index contributed by atoms with van der Waals surface area (Å²) in [5.41, 5.74) is 0.493. The minimum Gasteiger partial charge on any atom is -0.494 e. The number of nitrogens with one attached hydrogen (secondary N) is 1. The number of hydrogen-bond donors (Lipinski definition) is 1. The van der Waals surface area contributed by atoms with Crippen molar-refractivity contribution in [2.24, 2.45) is 0 Å². The third-order valence-corrected chi connectivity index (χ3v) is 2.51. The van der Waals surface area contributed by atoms with Crippen LogP contribution in [0.25, 0.3) is 0 Å². The monoisotopic (exact) mass is 269 g/mol. The topological polar surface area (TPSA) is 64.6 Å². The zero-order valence-electron chi connectivity index (χ0n) is 11.0. The summed E-state index contributed by atoms with van der Waals surface area (Å²) >= 11 is 0. The van der Waals surface area contributed by atoms with Gasteiger partial charge in [0, 0.05) is 0 Å². The lowest BCUT2D eigenvalue weighted by molar-refractivity contribution is -0.144. The number of methoxy groups -OCH3 is 2. The van der Waals surface area contributed by atoms with Gasteiger partial charge in [0.05, 0.1) is 20.6 Å². The van der Waals surface area contributed by atoms with E-state index in [0.29, 0.717) is 5.56 Å². The maximum Gasteiger partial charge on any atom is 0.328 e. The van der Waals surface area contributed by atoms with Crippen LogP contribution in [0.15, 0.2) is 18.2 Å². The molecule has 1 N–H and O–H groups in total. The van der Waals surface area contributed by atoms with Crippen LogP contribution >= 0.6 is 0 Å². The van der Waals surface area contributed by atoms with E-state index in [9.17, 15) is 14.0 Å². The Morgan fingerprint density at radius 3 is 2.58 bits per heavy atom. The van der Waals surface area contributed by atoms with Crippen molar-refractivity contribution < 1.29 is 23.5 Å². The van der Waals surface area contributed by atoms with Crippen molar-refractivity contribution in [1.82, 2.24) is 5.32 Å². The SMILES string of the molecule is COC(=O)C(C)NC(=O)Cc1ccc(OC)c(F)c1. The first-order valence-corrected chi connectivity index (χ1v) is 5.67. The Kier molecular flexibility index (Phi) is 5.29. The van der Waals surface area contributed by atoms with Crippen molar-refractivity contribution in [2.75, 3.05) is 14.2 Å². The van der Waals surface area contributed by atoms with Gasteiger partial charge < -0.3 is 14.8 Å². The molecule has 0 radical (unpaired) electrons. The molecule has 1 amide bonds. The van der Waals surface area contributed by atoms with E-state index in [1.54, 1.807) is 6.07 Å². The Bertz CT molecular complexity index is 476.